The third-order valence-corrected chi connectivity index (χ3v) is 5.58. The Labute approximate surface area is 142 Å². The summed E-state index contributed by atoms with van der Waals surface area (Å²) >= 11 is 1.70. The molecule has 2 fully saturated rings. The monoisotopic (exact) mass is 336 g/mol. The lowest BCUT2D eigenvalue weighted by Crippen LogP contribution is -2.41. The molecule has 0 unspecified atom stereocenters. The molecule has 0 saturated carbocycles. The molecule has 7 heteroatoms. The summed E-state index contributed by atoms with van der Waals surface area (Å²) in [7, 11) is -0.315. The van der Waals surface area contributed by atoms with E-state index in [-0.39, 0.29) is 18.3 Å². The lowest BCUT2D eigenvalue weighted by Gasteiger charge is -2.32. The molecular weight excluding hydrogens is 311 g/mol. The molecule has 0 amide bonds. The van der Waals surface area contributed by atoms with Gasteiger partial charge in [0, 0.05) is 18.5 Å². The predicted molar refractivity (Wildman–Crippen MR) is 93.3 cm³/mol. The van der Waals surface area contributed by atoms with E-state index in [4.69, 9.17) is 14.0 Å². The maximum absolute atomic E-state index is 5.96. The Morgan fingerprint density at radius 2 is 1.87 bits per heavy atom. The molecule has 1 aromatic heterocycles. The molecule has 126 valence electrons. The van der Waals surface area contributed by atoms with Crippen molar-refractivity contribution in [1.29, 1.82) is 0 Å². The molecule has 3 heterocycles. The zero-order valence-electron chi connectivity index (χ0n) is 14.4. The van der Waals surface area contributed by atoms with E-state index in [0.29, 0.717) is 0 Å². The van der Waals surface area contributed by atoms with Crippen LogP contribution in [0.4, 0.5) is 0 Å². The van der Waals surface area contributed by atoms with Gasteiger partial charge in [0.2, 0.25) is 0 Å². The highest BCUT2D eigenvalue weighted by Crippen LogP contribution is 2.37. The van der Waals surface area contributed by atoms with Gasteiger partial charge in [0.1, 0.15) is 5.01 Å². The van der Waals surface area contributed by atoms with E-state index in [1.54, 1.807) is 11.3 Å². The molecule has 0 aromatic carbocycles. The van der Waals surface area contributed by atoms with Crippen LogP contribution in [0.15, 0.2) is 11.4 Å². The van der Waals surface area contributed by atoms with Crippen LogP contribution >= 0.6 is 11.3 Å². The fraction of sp³-hybridized carbons (Fsp3) is 0.688. The molecular formula is C16H25BN2O3S. The van der Waals surface area contributed by atoms with Crippen LogP contribution in [0.25, 0.3) is 6.08 Å². The summed E-state index contributed by atoms with van der Waals surface area (Å²) in [5.41, 5.74) is 0.366. The van der Waals surface area contributed by atoms with E-state index in [9.17, 15) is 0 Å². The molecule has 1 aromatic rings. The van der Waals surface area contributed by atoms with E-state index in [1.165, 1.54) is 0 Å². The van der Waals surface area contributed by atoms with Crippen LogP contribution in [-0.4, -0.2) is 54.5 Å². The average Bonchev–Trinajstić information content (AvgIpc) is 3.00. The van der Waals surface area contributed by atoms with Crippen molar-refractivity contribution in [2.45, 2.75) is 45.4 Å². The first-order chi connectivity index (χ1) is 10.9. The van der Waals surface area contributed by atoms with Gasteiger partial charge >= 0.3 is 7.12 Å². The number of ether oxygens (including phenoxy) is 1. The minimum Gasteiger partial charge on any atom is -0.400 e. The molecule has 2 aliphatic rings. The van der Waals surface area contributed by atoms with Gasteiger partial charge in [-0.25, -0.2) is 4.98 Å². The standard InChI is InChI=1S/C16H25BN2O3S/c1-15(2)16(3,4)22-17(21-15)6-5-13-12-23-14(18-13)11-19-7-9-20-10-8-19/h5-6,12H,7-11H2,1-4H3. The van der Waals surface area contributed by atoms with Gasteiger partial charge in [-0.3, -0.25) is 4.90 Å². The van der Waals surface area contributed by atoms with Crippen LogP contribution < -0.4 is 0 Å². The Kier molecular flexibility index (Phi) is 4.94. The fourth-order valence-corrected chi connectivity index (χ4v) is 3.37. The maximum Gasteiger partial charge on any atom is 0.487 e. The Morgan fingerprint density at radius 1 is 1.22 bits per heavy atom. The van der Waals surface area contributed by atoms with Gasteiger partial charge in [-0.15, -0.1) is 11.3 Å². The van der Waals surface area contributed by atoms with Crippen LogP contribution in [-0.2, 0) is 20.6 Å². The maximum atomic E-state index is 5.96. The van der Waals surface area contributed by atoms with Crippen molar-refractivity contribution in [1.82, 2.24) is 9.88 Å². The molecule has 2 saturated heterocycles. The van der Waals surface area contributed by atoms with Crippen molar-refractivity contribution < 1.29 is 14.0 Å². The van der Waals surface area contributed by atoms with Crippen LogP contribution in [0.1, 0.15) is 38.4 Å². The number of hydrogen-bond acceptors (Lipinski definition) is 6. The van der Waals surface area contributed by atoms with Gasteiger partial charge in [-0.2, -0.15) is 0 Å². The fourth-order valence-electron chi connectivity index (χ4n) is 2.57. The zero-order valence-corrected chi connectivity index (χ0v) is 15.2. The van der Waals surface area contributed by atoms with Crippen molar-refractivity contribution in [3.8, 4) is 0 Å². The molecule has 0 N–H and O–H groups in total. The number of hydrogen-bond donors (Lipinski definition) is 0. The van der Waals surface area contributed by atoms with Crippen LogP contribution in [0, 0.1) is 0 Å². The summed E-state index contributed by atoms with van der Waals surface area (Å²) < 4.78 is 17.3. The molecule has 23 heavy (non-hydrogen) atoms. The van der Waals surface area contributed by atoms with Gasteiger partial charge in [-0.05, 0) is 33.8 Å². The molecule has 0 spiro atoms. The third-order valence-electron chi connectivity index (χ3n) is 4.73. The number of morpholine rings is 1. The van der Waals surface area contributed by atoms with E-state index >= 15 is 0 Å². The molecule has 0 bridgehead atoms. The van der Waals surface area contributed by atoms with Crippen molar-refractivity contribution in [3.63, 3.8) is 0 Å². The highest BCUT2D eigenvalue weighted by Gasteiger charge is 2.50. The Hall–Kier alpha value is -0.725. The third kappa shape index (κ3) is 4.03. The van der Waals surface area contributed by atoms with Crippen molar-refractivity contribution in [2.75, 3.05) is 26.3 Å². The van der Waals surface area contributed by atoms with Crippen LogP contribution in [0.3, 0.4) is 0 Å². The second-order valence-corrected chi connectivity index (χ2v) is 7.98. The number of thiazole rings is 1. The van der Waals surface area contributed by atoms with E-state index in [2.05, 4.69) is 43.0 Å². The van der Waals surface area contributed by atoms with E-state index in [1.807, 2.05) is 12.1 Å². The van der Waals surface area contributed by atoms with Gasteiger partial charge in [-0.1, -0.05) is 5.98 Å². The van der Waals surface area contributed by atoms with Gasteiger partial charge < -0.3 is 14.0 Å². The first-order valence-electron chi connectivity index (χ1n) is 8.14. The van der Waals surface area contributed by atoms with Crippen molar-refractivity contribution in [2.24, 2.45) is 0 Å². The number of nitrogens with zero attached hydrogens (tertiary/aromatic N) is 2. The summed E-state index contributed by atoms with van der Waals surface area (Å²) in [6, 6.07) is 0. The van der Waals surface area contributed by atoms with Gasteiger partial charge in [0.25, 0.3) is 0 Å². The zero-order chi connectivity index (χ0) is 16.5. The van der Waals surface area contributed by atoms with Crippen LogP contribution in [0.5, 0.6) is 0 Å². The molecule has 0 aliphatic carbocycles. The smallest absolute Gasteiger partial charge is 0.400 e. The van der Waals surface area contributed by atoms with Crippen molar-refractivity contribution in [3.05, 3.63) is 22.1 Å². The lowest BCUT2D eigenvalue weighted by molar-refractivity contribution is 0.00578. The number of rotatable bonds is 4. The lowest BCUT2D eigenvalue weighted by atomic mass is 9.90. The molecule has 0 atom stereocenters. The largest absolute Gasteiger partial charge is 0.487 e. The summed E-state index contributed by atoms with van der Waals surface area (Å²) in [5.74, 6) is 1.95. The second-order valence-electron chi connectivity index (χ2n) is 7.04. The summed E-state index contributed by atoms with van der Waals surface area (Å²) in [4.78, 5) is 7.06. The quantitative estimate of drug-likeness (QED) is 0.791. The summed E-state index contributed by atoms with van der Waals surface area (Å²) in [6.45, 7) is 12.7. The molecule has 0 radical (unpaired) electrons. The van der Waals surface area contributed by atoms with Crippen molar-refractivity contribution >= 4 is 24.5 Å². The number of aromatic nitrogens is 1. The molecule has 5 nitrogen and oxygen atoms in total. The average molecular weight is 336 g/mol. The molecule has 2 aliphatic heterocycles. The van der Waals surface area contributed by atoms with E-state index in [0.717, 1.165) is 43.5 Å². The van der Waals surface area contributed by atoms with Gasteiger partial charge in [0.15, 0.2) is 0 Å². The van der Waals surface area contributed by atoms with Gasteiger partial charge in [0.05, 0.1) is 36.7 Å². The predicted octanol–water partition coefficient (Wildman–Crippen LogP) is 2.62. The summed E-state index contributed by atoms with van der Waals surface area (Å²) in [6.07, 6.45) is 1.99. The summed E-state index contributed by atoms with van der Waals surface area (Å²) in [5, 5.41) is 3.22. The Morgan fingerprint density at radius 3 is 2.52 bits per heavy atom. The SMILES string of the molecule is CC1(C)OB(C=Cc2csc(CN3CCOCC3)n2)OC1(C)C. The topological polar surface area (TPSA) is 43.8 Å². The minimum absolute atomic E-state index is 0.300. The highest BCUT2D eigenvalue weighted by molar-refractivity contribution is 7.09. The minimum atomic E-state index is -0.315. The highest BCUT2D eigenvalue weighted by atomic mass is 32.1. The Balaban J connectivity index is 1.56. The first-order valence-corrected chi connectivity index (χ1v) is 9.02. The van der Waals surface area contributed by atoms with E-state index < -0.39 is 0 Å². The first kappa shape index (κ1) is 17.1. The molecule has 3 rings (SSSR count). The second kappa shape index (κ2) is 6.65. The normalized spacial score (nSPS) is 24.6. The van der Waals surface area contributed by atoms with Crippen LogP contribution in [0.2, 0.25) is 0 Å². The Bertz CT molecular complexity index is 551.